The van der Waals surface area contributed by atoms with Crippen LogP contribution in [-0.2, 0) is 11.3 Å². The Kier molecular flexibility index (Phi) is 5.06. The molecule has 0 saturated carbocycles. The molecule has 2 aliphatic heterocycles. The van der Waals surface area contributed by atoms with Crippen molar-refractivity contribution in [2.45, 2.75) is 31.8 Å². The molecule has 1 spiro atoms. The molecule has 1 aromatic carbocycles. The van der Waals surface area contributed by atoms with Crippen LogP contribution in [0.2, 0.25) is 0 Å². The highest BCUT2D eigenvalue weighted by Gasteiger charge is 2.42. The molecular weight excluding hydrogens is 400 g/mol. The summed E-state index contributed by atoms with van der Waals surface area (Å²) in [6.07, 6.45) is 3.13. The van der Waals surface area contributed by atoms with Gasteiger partial charge in [0.1, 0.15) is 0 Å². The standard InChI is InChI=1S/C18H21BrN4O3/c19-13-3-1-12(2-4-13)16(24)20-10-15-22-17(26-23-15)14-9-18(11-21-14)5-7-25-8-6-18/h1-4,14,21H,5-11H2,(H,20,24). The van der Waals surface area contributed by atoms with E-state index in [2.05, 4.69) is 36.7 Å². The van der Waals surface area contributed by atoms with Gasteiger partial charge in [0, 0.05) is 29.8 Å². The number of halogens is 1. The summed E-state index contributed by atoms with van der Waals surface area (Å²) in [7, 11) is 0. The van der Waals surface area contributed by atoms with Gasteiger partial charge in [0.25, 0.3) is 5.91 Å². The minimum absolute atomic E-state index is 0.0801. The lowest BCUT2D eigenvalue weighted by molar-refractivity contribution is 0.0230. The number of ether oxygens (including phenoxy) is 1. The van der Waals surface area contributed by atoms with Crippen molar-refractivity contribution in [3.63, 3.8) is 0 Å². The van der Waals surface area contributed by atoms with Gasteiger partial charge in [-0.15, -0.1) is 0 Å². The van der Waals surface area contributed by atoms with Crippen LogP contribution in [0.25, 0.3) is 0 Å². The zero-order valence-corrected chi connectivity index (χ0v) is 15.9. The van der Waals surface area contributed by atoms with E-state index in [1.54, 1.807) is 12.1 Å². The van der Waals surface area contributed by atoms with Gasteiger partial charge >= 0.3 is 0 Å². The second kappa shape index (κ2) is 7.46. The molecule has 2 aliphatic rings. The second-order valence-corrected chi connectivity index (χ2v) is 7.90. The molecule has 1 unspecified atom stereocenters. The molecule has 2 saturated heterocycles. The van der Waals surface area contributed by atoms with E-state index in [9.17, 15) is 4.79 Å². The molecule has 2 fully saturated rings. The van der Waals surface area contributed by atoms with E-state index in [0.29, 0.717) is 17.3 Å². The van der Waals surface area contributed by atoms with Gasteiger partial charge in [0.05, 0.1) is 12.6 Å². The highest BCUT2D eigenvalue weighted by molar-refractivity contribution is 9.10. The van der Waals surface area contributed by atoms with Gasteiger partial charge in [-0.2, -0.15) is 4.98 Å². The van der Waals surface area contributed by atoms with Crippen LogP contribution in [-0.4, -0.2) is 35.8 Å². The van der Waals surface area contributed by atoms with Gasteiger partial charge in [-0.05, 0) is 48.9 Å². The van der Waals surface area contributed by atoms with E-state index in [-0.39, 0.29) is 23.9 Å². The summed E-state index contributed by atoms with van der Waals surface area (Å²) >= 11 is 3.35. The zero-order valence-electron chi connectivity index (χ0n) is 14.3. The maximum atomic E-state index is 12.2. The Bertz CT molecular complexity index is 771. The Morgan fingerprint density at radius 3 is 2.85 bits per heavy atom. The highest BCUT2D eigenvalue weighted by Crippen LogP contribution is 2.43. The van der Waals surface area contributed by atoms with Crippen molar-refractivity contribution in [1.82, 2.24) is 20.8 Å². The molecule has 2 N–H and O–H groups in total. The van der Waals surface area contributed by atoms with E-state index >= 15 is 0 Å². The fraction of sp³-hybridized carbons (Fsp3) is 0.500. The predicted molar refractivity (Wildman–Crippen MR) is 97.5 cm³/mol. The van der Waals surface area contributed by atoms with Crippen molar-refractivity contribution in [1.29, 1.82) is 0 Å². The zero-order chi connectivity index (χ0) is 18.0. The number of rotatable bonds is 4. The molecule has 7 nitrogen and oxygen atoms in total. The molecular formula is C18H21BrN4O3. The summed E-state index contributed by atoms with van der Waals surface area (Å²) < 4.78 is 11.8. The van der Waals surface area contributed by atoms with Crippen LogP contribution >= 0.6 is 15.9 Å². The summed E-state index contributed by atoms with van der Waals surface area (Å²) in [6.45, 7) is 2.85. The minimum Gasteiger partial charge on any atom is -0.381 e. The molecule has 1 aromatic heterocycles. The van der Waals surface area contributed by atoms with Crippen LogP contribution in [0.5, 0.6) is 0 Å². The van der Waals surface area contributed by atoms with E-state index < -0.39 is 0 Å². The van der Waals surface area contributed by atoms with Crippen LogP contribution in [0.1, 0.15) is 47.4 Å². The molecule has 1 atom stereocenters. The number of nitrogens with zero attached hydrogens (tertiary/aromatic N) is 2. The lowest BCUT2D eigenvalue weighted by Crippen LogP contribution is -2.31. The Morgan fingerprint density at radius 2 is 2.08 bits per heavy atom. The Balaban J connectivity index is 1.33. The lowest BCUT2D eigenvalue weighted by Gasteiger charge is -2.32. The van der Waals surface area contributed by atoms with E-state index in [0.717, 1.165) is 43.5 Å². The number of carbonyl (C=O) groups excluding carboxylic acids is 1. The van der Waals surface area contributed by atoms with Crippen LogP contribution in [0.3, 0.4) is 0 Å². The van der Waals surface area contributed by atoms with Crippen molar-refractivity contribution in [3.05, 3.63) is 46.0 Å². The largest absolute Gasteiger partial charge is 0.381 e. The first kappa shape index (κ1) is 17.6. The van der Waals surface area contributed by atoms with E-state index in [1.807, 2.05) is 12.1 Å². The van der Waals surface area contributed by atoms with Gasteiger partial charge in [-0.3, -0.25) is 4.79 Å². The van der Waals surface area contributed by atoms with Crippen molar-refractivity contribution >= 4 is 21.8 Å². The summed E-state index contributed by atoms with van der Waals surface area (Å²) in [4.78, 5) is 16.6. The molecule has 0 aliphatic carbocycles. The number of benzene rings is 1. The first-order chi connectivity index (χ1) is 12.6. The molecule has 8 heteroatoms. The molecule has 26 heavy (non-hydrogen) atoms. The van der Waals surface area contributed by atoms with E-state index in [1.165, 1.54) is 0 Å². The van der Waals surface area contributed by atoms with Crippen LogP contribution in [0.15, 0.2) is 33.3 Å². The Labute approximate surface area is 160 Å². The third-order valence-corrected chi connectivity index (χ3v) is 5.74. The normalized spacial score (nSPS) is 21.8. The number of hydrogen-bond acceptors (Lipinski definition) is 6. The molecule has 1 amide bonds. The van der Waals surface area contributed by atoms with Crippen LogP contribution in [0.4, 0.5) is 0 Å². The SMILES string of the molecule is O=C(NCc1noc(C2CC3(CCOCC3)CN2)n1)c1ccc(Br)cc1. The third-order valence-electron chi connectivity index (χ3n) is 5.21. The average molecular weight is 421 g/mol. The lowest BCUT2D eigenvalue weighted by atomic mass is 9.78. The first-order valence-electron chi connectivity index (χ1n) is 8.81. The molecule has 4 rings (SSSR count). The first-order valence-corrected chi connectivity index (χ1v) is 9.60. The maximum Gasteiger partial charge on any atom is 0.251 e. The molecule has 0 bridgehead atoms. The smallest absolute Gasteiger partial charge is 0.251 e. The minimum atomic E-state index is -0.163. The monoisotopic (exact) mass is 420 g/mol. The fourth-order valence-corrected chi connectivity index (χ4v) is 3.88. The van der Waals surface area contributed by atoms with Crippen molar-refractivity contribution < 1.29 is 14.1 Å². The molecule has 0 radical (unpaired) electrons. The Hall–Kier alpha value is -1.77. The van der Waals surface area contributed by atoms with Gasteiger partial charge < -0.3 is 19.9 Å². The summed E-state index contributed by atoms with van der Waals surface area (Å²) in [6, 6.07) is 7.27. The maximum absolute atomic E-state index is 12.2. The second-order valence-electron chi connectivity index (χ2n) is 6.99. The van der Waals surface area contributed by atoms with Crippen LogP contribution < -0.4 is 10.6 Å². The number of carbonyl (C=O) groups is 1. The number of nitrogens with one attached hydrogen (secondary N) is 2. The van der Waals surface area contributed by atoms with Gasteiger partial charge in [0.15, 0.2) is 5.82 Å². The quantitative estimate of drug-likeness (QED) is 0.789. The topological polar surface area (TPSA) is 89.3 Å². The van der Waals surface area contributed by atoms with Crippen molar-refractivity contribution in [3.8, 4) is 0 Å². The van der Waals surface area contributed by atoms with Gasteiger partial charge in [-0.1, -0.05) is 21.1 Å². The summed E-state index contributed by atoms with van der Waals surface area (Å²) in [5, 5.41) is 10.3. The van der Waals surface area contributed by atoms with Crippen molar-refractivity contribution in [2.75, 3.05) is 19.8 Å². The predicted octanol–water partition coefficient (Wildman–Crippen LogP) is 2.59. The number of hydrogen-bond donors (Lipinski definition) is 2. The summed E-state index contributed by atoms with van der Waals surface area (Å²) in [5.41, 5.74) is 0.878. The fourth-order valence-electron chi connectivity index (χ4n) is 3.62. The third kappa shape index (κ3) is 3.82. The summed E-state index contributed by atoms with van der Waals surface area (Å²) in [5.74, 6) is 0.922. The molecule has 2 aromatic rings. The number of aromatic nitrogens is 2. The van der Waals surface area contributed by atoms with Crippen LogP contribution in [0, 0.1) is 5.41 Å². The molecule has 3 heterocycles. The van der Waals surface area contributed by atoms with Crippen molar-refractivity contribution in [2.24, 2.45) is 5.41 Å². The Morgan fingerprint density at radius 1 is 1.31 bits per heavy atom. The van der Waals surface area contributed by atoms with Gasteiger partial charge in [0.2, 0.25) is 5.89 Å². The average Bonchev–Trinajstić information content (AvgIpc) is 3.28. The van der Waals surface area contributed by atoms with Gasteiger partial charge in [-0.25, -0.2) is 0 Å². The number of amides is 1. The highest BCUT2D eigenvalue weighted by atomic mass is 79.9. The van der Waals surface area contributed by atoms with E-state index in [4.69, 9.17) is 9.26 Å². The molecule has 138 valence electrons.